The van der Waals surface area contributed by atoms with E-state index in [-0.39, 0.29) is 11.8 Å². The zero-order valence-electron chi connectivity index (χ0n) is 19.5. The molecule has 0 spiro atoms. The van der Waals surface area contributed by atoms with E-state index in [0.717, 1.165) is 44.6 Å². The number of imide groups is 1. The maximum atomic E-state index is 13.7. The van der Waals surface area contributed by atoms with Crippen molar-refractivity contribution in [1.29, 1.82) is 0 Å². The fraction of sp³-hybridized carbons (Fsp3) is 0.214. The smallest absolute Gasteiger partial charge is 0.282 e. The van der Waals surface area contributed by atoms with Gasteiger partial charge in [-0.1, -0.05) is 47.5 Å². The van der Waals surface area contributed by atoms with Gasteiger partial charge in [0.05, 0.1) is 11.3 Å². The highest BCUT2D eigenvalue weighted by atomic mass is 16.2. The van der Waals surface area contributed by atoms with E-state index in [0.29, 0.717) is 17.0 Å². The third-order valence-electron chi connectivity index (χ3n) is 5.82. The predicted octanol–water partition coefficient (Wildman–Crippen LogP) is 5.93. The molecule has 1 aliphatic heterocycles. The van der Waals surface area contributed by atoms with Gasteiger partial charge in [0.2, 0.25) is 0 Å². The second-order valence-electron chi connectivity index (χ2n) is 8.81. The highest BCUT2D eigenvalue weighted by Gasteiger charge is 2.41. The molecule has 32 heavy (non-hydrogen) atoms. The van der Waals surface area contributed by atoms with E-state index in [1.54, 1.807) is 0 Å². The lowest BCUT2D eigenvalue weighted by molar-refractivity contribution is -0.120. The molecule has 0 unspecified atom stereocenters. The number of aryl methyl sites for hydroxylation is 6. The van der Waals surface area contributed by atoms with E-state index in [9.17, 15) is 9.59 Å². The van der Waals surface area contributed by atoms with Crippen molar-refractivity contribution in [3.8, 4) is 0 Å². The third kappa shape index (κ3) is 3.84. The Bertz CT molecular complexity index is 1280. The third-order valence-corrected chi connectivity index (χ3v) is 5.82. The first-order chi connectivity index (χ1) is 15.2. The number of nitrogens with zero attached hydrogens (tertiary/aromatic N) is 1. The largest absolute Gasteiger partial charge is 0.350 e. The molecule has 0 atom stereocenters. The van der Waals surface area contributed by atoms with Gasteiger partial charge in [-0.2, -0.15) is 0 Å². The molecule has 3 aromatic carbocycles. The maximum Gasteiger partial charge on any atom is 0.282 e. The summed E-state index contributed by atoms with van der Waals surface area (Å²) >= 11 is 0. The lowest BCUT2D eigenvalue weighted by Gasteiger charge is -2.18. The van der Waals surface area contributed by atoms with Crippen LogP contribution >= 0.6 is 0 Å². The fourth-order valence-electron chi connectivity index (χ4n) is 4.46. The first-order valence-corrected chi connectivity index (χ1v) is 10.8. The molecule has 0 bridgehead atoms. The summed E-state index contributed by atoms with van der Waals surface area (Å²) in [5.74, 6) is -0.642. The standard InChI is InChI=1S/C28H28N2O2/c1-16-7-9-23(20(5)12-16)25-26(29-22-14-18(3)11-19(4)15-22)28(32)30(27(25)31)24-10-8-17(2)13-21(24)6/h7-15,29H,1-6H3. The van der Waals surface area contributed by atoms with Crippen molar-refractivity contribution in [3.63, 3.8) is 0 Å². The van der Waals surface area contributed by atoms with Crippen LogP contribution in [0.25, 0.3) is 5.57 Å². The molecule has 4 heteroatoms. The molecule has 4 nitrogen and oxygen atoms in total. The number of carbonyl (C=O) groups excluding carboxylic acids is 2. The topological polar surface area (TPSA) is 49.4 Å². The Balaban J connectivity index is 1.89. The van der Waals surface area contributed by atoms with Crippen LogP contribution in [0.15, 0.2) is 60.3 Å². The Morgan fingerprint density at radius 3 is 1.81 bits per heavy atom. The normalized spacial score (nSPS) is 13.9. The molecule has 0 saturated heterocycles. The molecule has 3 aromatic rings. The van der Waals surface area contributed by atoms with Crippen molar-refractivity contribution in [2.75, 3.05) is 10.2 Å². The molecular formula is C28H28N2O2. The summed E-state index contributed by atoms with van der Waals surface area (Å²) in [5, 5.41) is 3.29. The van der Waals surface area contributed by atoms with E-state index in [1.807, 2.05) is 90.1 Å². The molecule has 2 amide bonds. The van der Waals surface area contributed by atoms with E-state index in [1.165, 1.54) is 4.90 Å². The summed E-state index contributed by atoms with van der Waals surface area (Å²) in [6, 6.07) is 17.7. The van der Waals surface area contributed by atoms with E-state index in [2.05, 4.69) is 11.4 Å². The number of carbonyl (C=O) groups is 2. The van der Waals surface area contributed by atoms with Crippen molar-refractivity contribution in [3.05, 3.63) is 99.2 Å². The summed E-state index contributed by atoms with van der Waals surface area (Å²) in [5.41, 5.74) is 9.12. The van der Waals surface area contributed by atoms with Crippen LogP contribution in [0.3, 0.4) is 0 Å². The molecule has 1 N–H and O–H groups in total. The summed E-state index contributed by atoms with van der Waals surface area (Å²) in [4.78, 5) is 28.7. The Morgan fingerprint density at radius 2 is 1.22 bits per heavy atom. The second-order valence-corrected chi connectivity index (χ2v) is 8.81. The zero-order chi connectivity index (χ0) is 23.2. The number of anilines is 2. The average Bonchev–Trinajstić information content (AvgIpc) is 2.92. The van der Waals surface area contributed by atoms with Crippen LogP contribution in [0.5, 0.6) is 0 Å². The monoisotopic (exact) mass is 424 g/mol. The van der Waals surface area contributed by atoms with Gasteiger partial charge >= 0.3 is 0 Å². The van der Waals surface area contributed by atoms with Gasteiger partial charge in [-0.3, -0.25) is 9.59 Å². The van der Waals surface area contributed by atoms with Gasteiger partial charge in [-0.15, -0.1) is 0 Å². The molecule has 0 radical (unpaired) electrons. The summed E-state index contributed by atoms with van der Waals surface area (Å²) in [7, 11) is 0. The summed E-state index contributed by atoms with van der Waals surface area (Å²) < 4.78 is 0. The Kier molecular flexibility index (Phi) is 5.47. The maximum absolute atomic E-state index is 13.7. The highest BCUT2D eigenvalue weighted by Crippen LogP contribution is 2.36. The van der Waals surface area contributed by atoms with Gasteiger partial charge in [0.15, 0.2) is 0 Å². The van der Waals surface area contributed by atoms with Gasteiger partial charge in [0.25, 0.3) is 11.8 Å². The number of benzene rings is 3. The highest BCUT2D eigenvalue weighted by molar-refractivity contribution is 6.46. The number of amides is 2. The van der Waals surface area contributed by atoms with Crippen molar-refractivity contribution in [2.45, 2.75) is 41.5 Å². The number of hydrogen-bond acceptors (Lipinski definition) is 3. The van der Waals surface area contributed by atoms with Gasteiger partial charge < -0.3 is 5.32 Å². The second kappa shape index (κ2) is 8.12. The van der Waals surface area contributed by atoms with Crippen LogP contribution in [0.2, 0.25) is 0 Å². The van der Waals surface area contributed by atoms with Crippen molar-refractivity contribution in [2.24, 2.45) is 0 Å². The van der Waals surface area contributed by atoms with Gasteiger partial charge in [0, 0.05) is 5.69 Å². The van der Waals surface area contributed by atoms with Gasteiger partial charge in [-0.25, -0.2) is 4.90 Å². The predicted molar refractivity (Wildman–Crippen MR) is 131 cm³/mol. The SMILES string of the molecule is Cc1cc(C)cc(NC2=C(c3ccc(C)cc3C)C(=O)N(c3ccc(C)cc3C)C2=O)c1. The van der Waals surface area contributed by atoms with Crippen molar-refractivity contribution in [1.82, 2.24) is 0 Å². The quantitative estimate of drug-likeness (QED) is 0.528. The lowest BCUT2D eigenvalue weighted by atomic mass is 9.97. The number of nitrogens with one attached hydrogen (secondary N) is 1. The number of rotatable bonds is 4. The molecule has 0 saturated carbocycles. The molecular weight excluding hydrogens is 396 g/mol. The van der Waals surface area contributed by atoms with Crippen molar-refractivity contribution < 1.29 is 9.59 Å². The van der Waals surface area contributed by atoms with Crippen molar-refractivity contribution >= 4 is 28.8 Å². The molecule has 4 rings (SSSR count). The first kappa shape index (κ1) is 21.6. The lowest BCUT2D eigenvalue weighted by Crippen LogP contribution is -2.33. The Morgan fingerprint density at radius 1 is 0.625 bits per heavy atom. The molecule has 0 aliphatic carbocycles. The molecule has 0 fully saturated rings. The summed E-state index contributed by atoms with van der Waals surface area (Å²) in [6.07, 6.45) is 0. The van der Waals surface area contributed by atoms with Crippen LogP contribution in [0.4, 0.5) is 11.4 Å². The van der Waals surface area contributed by atoms with Gasteiger partial charge in [0.1, 0.15) is 5.70 Å². The zero-order valence-corrected chi connectivity index (χ0v) is 19.5. The van der Waals surface area contributed by atoms with Crippen LogP contribution in [-0.4, -0.2) is 11.8 Å². The molecule has 162 valence electrons. The Hall–Kier alpha value is -3.66. The van der Waals surface area contributed by atoms with Crippen LogP contribution < -0.4 is 10.2 Å². The Labute approximate surface area is 189 Å². The minimum absolute atomic E-state index is 0.305. The minimum atomic E-state index is -0.337. The van der Waals surface area contributed by atoms with E-state index >= 15 is 0 Å². The van der Waals surface area contributed by atoms with E-state index < -0.39 is 0 Å². The van der Waals surface area contributed by atoms with Crippen LogP contribution in [0.1, 0.15) is 38.9 Å². The minimum Gasteiger partial charge on any atom is -0.350 e. The molecule has 0 aromatic heterocycles. The van der Waals surface area contributed by atoms with Gasteiger partial charge in [-0.05, 0) is 87.6 Å². The first-order valence-electron chi connectivity index (χ1n) is 10.8. The summed E-state index contributed by atoms with van der Waals surface area (Å²) in [6.45, 7) is 11.9. The molecule has 1 heterocycles. The van der Waals surface area contributed by atoms with Crippen LogP contribution in [-0.2, 0) is 9.59 Å². The molecule has 1 aliphatic rings. The average molecular weight is 425 g/mol. The number of hydrogen-bond donors (Lipinski definition) is 1. The fourth-order valence-corrected chi connectivity index (χ4v) is 4.46. The van der Waals surface area contributed by atoms with E-state index in [4.69, 9.17) is 0 Å². The van der Waals surface area contributed by atoms with Crippen LogP contribution in [0, 0.1) is 41.5 Å².